The minimum atomic E-state index is -0.976. The third-order valence-corrected chi connectivity index (χ3v) is 2.46. The van der Waals surface area contributed by atoms with Crippen molar-refractivity contribution in [2.45, 2.75) is 46.1 Å². The van der Waals surface area contributed by atoms with Gasteiger partial charge in [0.1, 0.15) is 0 Å². The second-order valence-electron chi connectivity index (χ2n) is 3.50. The van der Waals surface area contributed by atoms with Gasteiger partial charge in [0.15, 0.2) is 0 Å². The van der Waals surface area contributed by atoms with Gasteiger partial charge in [-0.1, -0.05) is 19.8 Å². The Morgan fingerprint density at radius 1 is 1.58 bits per heavy atom. The zero-order chi connectivity index (χ0) is 9.78. The van der Waals surface area contributed by atoms with Crippen molar-refractivity contribution in [2.24, 2.45) is 5.41 Å². The topological polar surface area (TPSA) is 57.5 Å². The lowest BCUT2D eigenvalue weighted by molar-refractivity contribution is -0.154. The van der Waals surface area contributed by atoms with E-state index in [0.29, 0.717) is 6.42 Å². The number of aliphatic hydroxyl groups is 1. The summed E-state index contributed by atoms with van der Waals surface area (Å²) in [5.41, 5.74) is -0.976. The van der Waals surface area contributed by atoms with Gasteiger partial charge >= 0.3 is 5.97 Å². The number of carbonyl (C=O) groups is 1. The van der Waals surface area contributed by atoms with Crippen molar-refractivity contribution in [3.05, 3.63) is 0 Å². The van der Waals surface area contributed by atoms with Crippen molar-refractivity contribution in [2.75, 3.05) is 0 Å². The fourth-order valence-electron chi connectivity index (χ4n) is 1.04. The predicted molar refractivity (Wildman–Crippen MR) is 46.9 cm³/mol. The van der Waals surface area contributed by atoms with Crippen molar-refractivity contribution < 1.29 is 15.0 Å². The average molecular weight is 174 g/mol. The van der Waals surface area contributed by atoms with E-state index in [1.807, 2.05) is 6.92 Å². The standard InChI is InChI=1S/C9H18O3/c1-4-5-6-9(3,7(2)10)8(11)12/h7,10H,4-6H2,1-3H3,(H,11,12). The Hall–Kier alpha value is -0.570. The van der Waals surface area contributed by atoms with Gasteiger partial charge in [0, 0.05) is 0 Å². The number of aliphatic hydroxyl groups excluding tert-OH is 1. The van der Waals surface area contributed by atoms with Crippen molar-refractivity contribution >= 4 is 5.97 Å². The number of carboxylic acids is 1. The molecule has 0 spiro atoms. The van der Waals surface area contributed by atoms with E-state index in [1.54, 1.807) is 6.92 Å². The molecule has 0 aliphatic carbocycles. The molecule has 0 rings (SSSR count). The summed E-state index contributed by atoms with van der Waals surface area (Å²) in [6.07, 6.45) is 1.54. The first kappa shape index (κ1) is 11.4. The molecule has 2 atom stereocenters. The first-order chi connectivity index (χ1) is 5.45. The van der Waals surface area contributed by atoms with Crippen LogP contribution in [0.25, 0.3) is 0 Å². The number of hydrogen-bond donors (Lipinski definition) is 2. The SMILES string of the molecule is CCCCC(C)(C(=O)O)C(C)O. The van der Waals surface area contributed by atoms with Crippen LogP contribution in [0.15, 0.2) is 0 Å². The number of carboxylic acid groups (broad SMARTS) is 1. The fourth-order valence-corrected chi connectivity index (χ4v) is 1.04. The van der Waals surface area contributed by atoms with Crippen molar-refractivity contribution in [1.29, 1.82) is 0 Å². The maximum absolute atomic E-state index is 10.8. The minimum absolute atomic E-state index is 0.538. The van der Waals surface area contributed by atoms with Crippen LogP contribution < -0.4 is 0 Å². The van der Waals surface area contributed by atoms with Gasteiger partial charge < -0.3 is 10.2 Å². The lowest BCUT2D eigenvalue weighted by Crippen LogP contribution is -2.38. The van der Waals surface area contributed by atoms with Gasteiger partial charge in [-0.05, 0) is 20.3 Å². The molecule has 0 aliphatic rings. The third-order valence-electron chi connectivity index (χ3n) is 2.46. The average Bonchev–Trinajstić information content (AvgIpc) is 1.99. The molecule has 0 amide bonds. The van der Waals surface area contributed by atoms with Crippen LogP contribution in [0, 0.1) is 5.41 Å². The van der Waals surface area contributed by atoms with E-state index >= 15 is 0 Å². The summed E-state index contributed by atoms with van der Waals surface area (Å²) in [5.74, 6) is -0.911. The molecule has 0 aromatic rings. The number of rotatable bonds is 5. The van der Waals surface area contributed by atoms with Crippen LogP contribution in [0.2, 0.25) is 0 Å². The van der Waals surface area contributed by atoms with Gasteiger partial charge in [-0.25, -0.2) is 0 Å². The number of hydrogen-bond acceptors (Lipinski definition) is 2. The molecule has 2 N–H and O–H groups in total. The lowest BCUT2D eigenvalue weighted by atomic mass is 9.80. The predicted octanol–water partition coefficient (Wildman–Crippen LogP) is 1.65. The highest BCUT2D eigenvalue weighted by molar-refractivity contribution is 5.74. The lowest BCUT2D eigenvalue weighted by Gasteiger charge is -2.27. The van der Waals surface area contributed by atoms with E-state index in [-0.39, 0.29) is 0 Å². The largest absolute Gasteiger partial charge is 0.481 e. The Kier molecular flexibility index (Phi) is 4.24. The monoisotopic (exact) mass is 174 g/mol. The molecule has 72 valence electrons. The molecule has 0 radical (unpaired) electrons. The van der Waals surface area contributed by atoms with E-state index in [1.165, 1.54) is 6.92 Å². The zero-order valence-corrected chi connectivity index (χ0v) is 8.00. The molecule has 0 aromatic carbocycles. The highest BCUT2D eigenvalue weighted by atomic mass is 16.4. The smallest absolute Gasteiger partial charge is 0.311 e. The highest BCUT2D eigenvalue weighted by Crippen LogP contribution is 2.28. The van der Waals surface area contributed by atoms with Gasteiger partial charge in [0.05, 0.1) is 11.5 Å². The Bertz CT molecular complexity index is 154. The van der Waals surface area contributed by atoms with Crippen molar-refractivity contribution in [1.82, 2.24) is 0 Å². The summed E-state index contributed by atoms with van der Waals surface area (Å²) in [4.78, 5) is 10.8. The molecule has 0 bridgehead atoms. The Morgan fingerprint density at radius 2 is 2.08 bits per heavy atom. The summed E-state index contributed by atoms with van der Waals surface area (Å²) in [6, 6.07) is 0. The van der Waals surface area contributed by atoms with Crippen LogP contribution in [-0.2, 0) is 4.79 Å². The molecule has 2 unspecified atom stereocenters. The van der Waals surface area contributed by atoms with Gasteiger partial charge in [-0.2, -0.15) is 0 Å². The molecule has 3 heteroatoms. The molecule has 0 saturated heterocycles. The molecular weight excluding hydrogens is 156 g/mol. The van der Waals surface area contributed by atoms with E-state index in [0.717, 1.165) is 12.8 Å². The maximum atomic E-state index is 10.8. The van der Waals surface area contributed by atoms with Crippen LogP contribution in [0.4, 0.5) is 0 Å². The maximum Gasteiger partial charge on any atom is 0.311 e. The molecule has 0 aliphatic heterocycles. The molecule has 0 fully saturated rings. The summed E-state index contributed by atoms with van der Waals surface area (Å²) < 4.78 is 0. The van der Waals surface area contributed by atoms with Crippen LogP contribution >= 0.6 is 0 Å². The van der Waals surface area contributed by atoms with E-state index in [2.05, 4.69) is 0 Å². The zero-order valence-electron chi connectivity index (χ0n) is 8.00. The normalized spacial score (nSPS) is 18.3. The van der Waals surface area contributed by atoms with E-state index in [9.17, 15) is 9.90 Å². The Morgan fingerprint density at radius 3 is 2.33 bits per heavy atom. The first-order valence-corrected chi connectivity index (χ1v) is 4.36. The van der Waals surface area contributed by atoms with Crippen LogP contribution in [0.1, 0.15) is 40.0 Å². The van der Waals surface area contributed by atoms with Crippen LogP contribution in [-0.4, -0.2) is 22.3 Å². The van der Waals surface area contributed by atoms with E-state index < -0.39 is 17.5 Å². The van der Waals surface area contributed by atoms with E-state index in [4.69, 9.17) is 5.11 Å². The molecule has 0 saturated carbocycles. The Balaban J connectivity index is 4.29. The summed E-state index contributed by atoms with van der Waals surface area (Å²) in [6.45, 7) is 5.13. The second-order valence-corrected chi connectivity index (χ2v) is 3.50. The fraction of sp³-hybridized carbons (Fsp3) is 0.889. The van der Waals surface area contributed by atoms with Crippen LogP contribution in [0.3, 0.4) is 0 Å². The molecule has 3 nitrogen and oxygen atoms in total. The van der Waals surface area contributed by atoms with Gasteiger partial charge in [-0.15, -0.1) is 0 Å². The summed E-state index contributed by atoms with van der Waals surface area (Å²) >= 11 is 0. The molecule has 0 aromatic heterocycles. The number of unbranched alkanes of at least 4 members (excludes halogenated alkanes) is 1. The summed E-state index contributed by atoms with van der Waals surface area (Å²) in [7, 11) is 0. The van der Waals surface area contributed by atoms with Crippen molar-refractivity contribution in [3.63, 3.8) is 0 Å². The van der Waals surface area contributed by atoms with Gasteiger partial charge in [0.25, 0.3) is 0 Å². The highest BCUT2D eigenvalue weighted by Gasteiger charge is 2.37. The van der Waals surface area contributed by atoms with Crippen molar-refractivity contribution in [3.8, 4) is 0 Å². The quantitative estimate of drug-likeness (QED) is 0.666. The second kappa shape index (κ2) is 4.45. The molecular formula is C9H18O3. The minimum Gasteiger partial charge on any atom is -0.481 e. The van der Waals surface area contributed by atoms with Gasteiger partial charge in [0.2, 0.25) is 0 Å². The van der Waals surface area contributed by atoms with Crippen LogP contribution in [0.5, 0.6) is 0 Å². The molecule has 12 heavy (non-hydrogen) atoms. The first-order valence-electron chi connectivity index (χ1n) is 4.36. The Labute approximate surface area is 73.4 Å². The molecule has 0 heterocycles. The third kappa shape index (κ3) is 2.48. The summed E-state index contributed by atoms with van der Waals surface area (Å²) in [5, 5.41) is 18.2. The number of aliphatic carboxylic acids is 1. The van der Waals surface area contributed by atoms with Gasteiger partial charge in [-0.3, -0.25) is 4.79 Å².